The van der Waals surface area contributed by atoms with E-state index in [1.807, 2.05) is 0 Å². The molecule has 2 heteroatoms. The van der Waals surface area contributed by atoms with Gasteiger partial charge in [-0.25, -0.2) is 0 Å². The molecule has 0 heterocycles. The van der Waals surface area contributed by atoms with Crippen LogP contribution in [0.25, 0.3) is 0 Å². The van der Waals surface area contributed by atoms with Crippen LogP contribution in [0.1, 0.15) is 49.3 Å². The van der Waals surface area contributed by atoms with Crippen molar-refractivity contribution in [1.29, 1.82) is 0 Å². The predicted octanol–water partition coefficient (Wildman–Crippen LogP) is 3.16. The zero-order chi connectivity index (χ0) is 13.4. The molecule has 1 aromatic carbocycles. The lowest BCUT2D eigenvalue weighted by Gasteiger charge is -2.41. The molecule has 0 spiro atoms. The maximum Gasteiger partial charge on any atom is 0.0478 e. The number of benzene rings is 1. The Balaban J connectivity index is 1.85. The molecule has 0 aliphatic heterocycles. The lowest BCUT2D eigenvalue weighted by Crippen LogP contribution is -2.46. The minimum Gasteiger partial charge on any atom is -0.312 e. The molecule has 2 aliphatic carbocycles. The summed E-state index contributed by atoms with van der Waals surface area (Å²) >= 11 is 0. The van der Waals surface area contributed by atoms with E-state index >= 15 is 0 Å². The Morgan fingerprint density at radius 2 is 1.89 bits per heavy atom. The molecule has 0 radical (unpaired) electrons. The Labute approximate surface area is 117 Å². The first kappa shape index (κ1) is 13.1. The summed E-state index contributed by atoms with van der Waals surface area (Å²) in [5.74, 6) is 1.64. The van der Waals surface area contributed by atoms with Crippen molar-refractivity contribution in [3.05, 3.63) is 35.4 Å². The van der Waals surface area contributed by atoms with Crippen molar-refractivity contribution in [3.63, 3.8) is 0 Å². The number of rotatable bonds is 4. The van der Waals surface area contributed by atoms with Gasteiger partial charge in [0.1, 0.15) is 0 Å². The van der Waals surface area contributed by atoms with Crippen LogP contribution in [0.15, 0.2) is 24.3 Å². The third kappa shape index (κ3) is 2.56. The molecular weight excluding hydrogens is 232 g/mol. The summed E-state index contributed by atoms with van der Waals surface area (Å²) in [4.78, 5) is 2.60. The van der Waals surface area contributed by atoms with E-state index in [4.69, 9.17) is 0 Å². The summed E-state index contributed by atoms with van der Waals surface area (Å²) in [7, 11) is 4.42. The first-order chi connectivity index (χ1) is 9.20. The lowest BCUT2D eigenvalue weighted by atomic mass is 9.77. The van der Waals surface area contributed by atoms with Crippen molar-refractivity contribution in [2.24, 2.45) is 5.92 Å². The maximum absolute atomic E-state index is 3.56. The summed E-state index contributed by atoms with van der Waals surface area (Å²) in [5, 5.41) is 3.56. The van der Waals surface area contributed by atoms with E-state index in [0.29, 0.717) is 18.0 Å². The highest BCUT2D eigenvalue weighted by atomic mass is 15.2. The van der Waals surface area contributed by atoms with Gasteiger partial charge in [0.15, 0.2) is 0 Å². The van der Waals surface area contributed by atoms with Crippen LogP contribution in [-0.2, 0) is 0 Å². The fourth-order valence-corrected chi connectivity index (χ4v) is 3.70. The third-order valence-corrected chi connectivity index (χ3v) is 4.96. The maximum atomic E-state index is 3.56. The molecule has 19 heavy (non-hydrogen) atoms. The molecule has 1 saturated carbocycles. The second-order valence-corrected chi connectivity index (χ2v) is 6.48. The molecule has 1 fully saturated rings. The van der Waals surface area contributed by atoms with Crippen molar-refractivity contribution >= 4 is 0 Å². The monoisotopic (exact) mass is 258 g/mol. The number of hydrogen-bond acceptors (Lipinski definition) is 2. The molecule has 3 rings (SSSR count). The Kier molecular flexibility index (Phi) is 3.64. The molecule has 3 atom stereocenters. The van der Waals surface area contributed by atoms with Crippen LogP contribution in [0.4, 0.5) is 0 Å². The van der Waals surface area contributed by atoms with E-state index in [-0.39, 0.29) is 0 Å². The Morgan fingerprint density at radius 1 is 1.21 bits per heavy atom. The van der Waals surface area contributed by atoms with Crippen LogP contribution in [-0.4, -0.2) is 31.6 Å². The topological polar surface area (TPSA) is 15.3 Å². The Hall–Kier alpha value is -0.860. The molecule has 104 valence electrons. The van der Waals surface area contributed by atoms with Crippen LogP contribution < -0.4 is 5.32 Å². The van der Waals surface area contributed by atoms with Gasteiger partial charge >= 0.3 is 0 Å². The first-order valence-corrected chi connectivity index (χ1v) is 7.67. The molecule has 0 aromatic heterocycles. The number of likely N-dealkylation sites (N-methyl/N-ethyl adjacent to an activating group) is 2. The van der Waals surface area contributed by atoms with E-state index in [2.05, 4.69) is 55.5 Å². The quantitative estimate of drug-likeness (QED) is 0.892. The highest BCUT2D eigenvalue weighted by Gasteiger charge is 2.36. The SMILES string of the molecule is CNC1c2ccccc2C(C)CC1N(C)CC1CC1. The summed E-state index contributed by atoms with van der Waals surface area (Å²) in [6.45, 7) is 3.65. The molecule has 3 unspecified atom stereocenters. The molecule has 0 bridgehead atoms. The highest BCUT2D eigenvalue weighted by molar-refractivity contribution is 5.36. The molecule has 1 aromatic rings. The number of hydrogen-bond donors (Lipinski definition) is 1. The minimum atomic E-state index is 0.483. The van der Waals surface area contributed by atoms with Crippen LogP contribution in [0.3, 0.4) is 0 Å². The van der Waals surface area contributed by atoms with Gasteiger partial charge in [0.25, 0.3) is 0 Å². The van der Waals surface area contributed by atoms with Gasteiger partial charge in [-0.05, 0) is 56.3 Å². The molecule has 1 N–H and O–H groups in total. The number of nitrogens with one attached hydrogen (secondary N) is 1. The van der Waals surface area contributed by atoms with Crippen molar-refractivity contribution in [2.75, 3.05) is 20.6 Å². The average molecular weight is 258 g/mol. The fourth-order valence-electron chi connectivity index (χ4n) is 3.70. The number of fused-ring (bicyclic) bond motifs is 1. The van der Waals surface area contributed by atoms with Crippen molar-refractivity contribution in [3.8, 4) is 0 Å². The zero-order valence-electron chi connectivity index (χ0n) is 12.4. The second-order valence-electron chi connectivity index (χ2n) is 6.48. The van der Waals surface area contributed by atoms with Gasteiger partial charge in [0, 0.05) is 18.6 Å². The van der Waals surface area contributed by atoms with Gasteiger partial charge < -0.3 is 10.2 Å². The van der Waals surface area contributed by atoms with Crippen LogP contribution >= 0.6 is 0 Å². The average Bonchev–Trinajstić information content (AvgIpc) is 3.22. The minimum absolute atomic E-state index is 0.483. The Morgan fingerprint density at radius 3 is 2.53 bits per heavy atom. The predicted molar refractivity (Wildman–Crippen MR) is 80.4 cm³/mol. The van der Waals surface area contributed by atoms with Crippen molar-refractivity contribution < 1.29 is 0 Å². The summed E-state index contributed by atoms with van der Waals surface area (Å²) in [6.07, 6.45) is 4.15. The van der Waals surface area contributed by atoms with Gasteiger partial charge in [-0.1, -0.05) is 31.2 Å². The Bertz CT molecular complexity index is 439. The molecular formula is C17H26N2. The molecule has 2 nitrogen and oxygen atoms in total. The smallest absolute Gasteiger partial charge is 0.0478 e. The van der Waals surface area contributed by atoms with E-state index in [1.165, 1.54) is 36.9 Å². The van der Waals surface area contributed by atoms with Gasteiger partial charge in [0.05, 0.1) is 0 Å². The van der Waals surface area contributed by atoms with Crippen molar-refractivity contribution in [1.82, 2.24) is 10.2 Å². The van der Waals surface area contributed by atoms with Gasteiger partial charge in [-0.3, -0.25) is 0 Å². The van der Waals surface area contributed by atoms with E-state index in [9.17, 15) is 0 Å². The normalized spacial score (nSPS) is 30.4. The van der Waals surface area contributed by atoms with Gasteiger partial charge in [-0.2, -0.15) is 0 Å². The van der Waals surface area contributed by atoms with Crippen LogP contribution in [0.2, 0.25) is 0 Å². The first-order valence-electron chi connectivity index (χ1n) is 7.67. The molecule has 0 saturated heterocycles. The standard InChI is InChI=1S/C17H26N2/c1-12-10-16(19(3)11-13-8-9-13)17(18-2)15-7-5-4-6-14(12)15/h4-7,12-13,16-18H,8-11H2,1-3H3. The summed E-state index contributed by atoms with van der Waals surface area (Å²) < 4.78 is 0. The number of nitrogens with zero attached hydrogens (tertiary/aromatic N) is 1. The second kappa shape index (κ2) is 5.26. The zero-order valence-corrected chi connectivity index (χ0v) is 12.4. The van der Waals surface area contributed by atoms with E-state index in [0.717, 1.165) is 5.92 Å². The highest BCUT2D eigenvalue weighted by Crippen LogP contribution is 2.40. The van der Waals surface area contributed by atoms with E-state index < -0.39 is 0 Å². The van der Waals surface area contributed by atoms with Gasteiger partial charge in [0.2, 0.25) is 0 Å². The summed E-state index contributed by atoms with van der Waals surface area (Å²) in [5.41, 5.74) is 3.05. The molecule has 2 aliphatic rings. The van der Waals surface area contributed by atoms with Gasteiger partial charge in [-0.15, -0.1) is 0 Å². The lowest BCUT2D eigenvalue weighted by molar-refractivity contribution is 0.162. The summed E-state index contributed by atoms with van der Waals surface area (Å²) in [6, 6.07) is 10.1. The van der Waals surface area contributed by atoms with Crippen LogP contribution in [0, 0.1) is 5.92 Å². The fraction of sp³-hybridized carbons (Fsp3) is 0.647. The largest absolute Gasteiger partial charge is 0.312 e. The van der Waals surface area contributed by atoms with Crippen LogP contribution in [0.5, 0.6) is 0 Å². The molecule has 0 amide bonds. The van der Waals surface area contributed by atoms with Crippen molar-refractivity contribution in [2.45, 2.75) is 44.2 Å². The van der Waals surface area contributed by atoms with E-state index in [1.54, 1.807) is 0 Å². The third-order valence-electron chi connectivity index (χ3n) is 4.96.